The monoisotopic (exact) mass is 319 g/mol. The molecule has 1 aromatic heterocycles. The largest absolute Gasteiger partial charge is 0.493 e. The van der Waals surface area contributed by atoms with Crippen molar-refractivity contribution in [2.45, 2.75) is 0 Å². The lowest BCUT2D eigenvalue weighted by atomic mass is 10.2. The van der Waals surface area contributed by atoms with Gasteiger partial charge >= 0.3 is 0 Å². The van der Waals surface area contributed by atoms with Gasteiger partial charge in [-0.05, 0) is 30.3 Å². The van der Waals surface area contributed by atoms with Crippen molar-refractivity contribution in [2.75, 3.05) is 12.4 Å². The second kappa shape index (κ2) is 5.69. The van der Waals surface area contributed by atoms with Crippen LogP contribution in [0, 0.1) is 5.82 Å². The number of anilines is 1. The Morgan fingerprint density at radius 1 is 1.27 bits per heavy atom. The van der Waals surface area contributed by atoms with Crippen molar-refractivity contribution in [3.8, 4) is 5.75 Å². The smallest absolute Gasteiger partial charge is 0.291 e. The summed E-state index contributed by atoms with van der Waals surface area (Å²) < 4.78 is 24.1. The number of ether oxygens (including phenoxy) is 1. The van der Waals surface area contributed by atoms with Crippen LogP contribution in [0.15, 0.2) is 46.9 Å². The lowest BCUT2D eigenvalue weighted by Gasteiger charge is -2.03. The van der Waals surface area contributed by atoms with Crippen LogP contribution in [-0.2, 0) is 0 Å². The Morgan fingerprint density at radius 2 is 2.09 bits per heavy atom. The molecule has 2 aromatic carbocycles. The molecule has 0 fully saturated rings. The van der Waals surface area contributed by atoms with E-state index in [4.69, 9.17) is 20.8 Å². The summed E-state index contributed by atoms with van der Waals surface area (Å²) in [6.07, 6.45) is 0. The van der Waals surface area contributed by atoms with Crippen LogP contribution >= 0.6 is 11.6 Å². The highest BCUT2D eigenvalue weighted by Gasteiger charge is 2.15. The van der Waals surface area contributed by atoms with Gasteiger partial charge in [-0.25, -0.2) is 4.39 Å². The highest BCUT2D eigenvalue weighted by atomic mass is 35.5. The Bertz CT molecular complexity index is 860. The molecule has 0 radical (unpaired) electrons. The molecule has 0 aliphatic rings. The maximum Gasteiger partial charge on any atom is 0.291 e. The molecular weight excluding hydrogens is 309 g/mol. The summed E-state index contributed by atoms with van der Waals surface area (Å²) in [6.45, 7) is 0. The second-order valence-electron chi connectivity index (χ2n) is 4.57. The quantitative estimate of drug-likeness (QED) is 0.774. The van der Waals surface area contributed by atoms with Gasteiger partial charge < -0.3 is 14.5 Å². The van der Waals surface area contributed by atoms with Gasteiger partial charge in [0, 0.05) is 11.1 Å². The lowest BCUT2D eigenvalue weighted by Crippen LogP contribution is -2.10. The SMILES string of the molecule is COc1cccc2cc(C(=O)Nc3ccc(Cl)c(F)c3)oc12. The molecule has 4 nitrogen and oxygen atoms in total. The summed E-state index contributed by atoms with van der Waals surface area (Å²) in [6, 6.07) is 11.0. The van der Waals surface area contributed by atoms with Crippen molar-refractivity contribution in [1.29, 1.82) is 0 Å². The summed E-state index contributed by atoms with van der Waals surface area (Å²) >= 11 is 5.60. The highest BCUT2D eigenvalue weighted by Crippen LogP contribution is 2.29. The number of halogens is 2. The molecule has 1 amide bonds. The number of benzene rings is 2. The topological polar surface area (TPSA) is 51.5 Å². The first-order valence-corrected chi connectivity index (χ1v) is 6.79. The number of furan rings is 1. The molecule has 0 aliphatic carbocycles. The molecule has 112 valence electrons. The Labute approximate surface area is 130 Å². The normalized spacial score (nSPS) is 10.7. The van der Waals surface area contributed by atoms with Gasteiger partial charge in [0.1, 0.15) is 5.82 Å². The molecule has 0 aliphatic heterocycles. The fourth-order valence-corrected chi connectivity index (χ4v) is 2.19. The minimum absolute atomic E-state index is 0.00790. The molecule has 3 rings (SSSR count). The fourth-order valence-electron chi connectivity index (χ4n) is 2.08. The first-order chi connectivity index (χ1) is 10.6. The van der Waals surface area contributed by atoms with Crippen molar-refractivity contribution >= 4 is 34.2 Å². The third kappa shape index (κ3) is 2.63. The molecule has 0 unspecified atom stereocenters. The summed E-state index contributed by atoms with van der Waals surface area (Å²) in [5.41, 5.74) is 0.775. The van der Waals surface area contributed by atoms with Gasteiger partial charge in [-0.1, -0.05) is 23.7 Å². The molecule has 3 aromatic rings. The first-order valence-electron chi connectivity index (χ1n) is 6.41. The van der Waals surface area contributed by atoms with E-state index in [1.54, 1.807) is 24.3 Å². The molecule has 1 heterocycles. The van der Waals surface area contributed by atoms with Crippen LogP contribution < -0.4 is 10.1 Å². The van der Waals surface area contributed by atoms with Gasteiger partial charge in [0.15, 0.2) is 17.1 Å². The molecule has 0 saturated carbocycles. The van der Waals surface area contributed by atoms with E-state index >= 15 is 0 Å². The maximum absolute atomic E-state index is 13.4. The number of hydrogen-bond acceptors (Lipinski definition) is 3. The van der Waals surface area contributed by atoms with Crippen molar-refractivity contribution in [3.05, 3.63) is 59.1 Å². The van der Waals surface area contributed by atoms with E-state index in [0.29, 0.717) is 17.0 Å². The summed E-state index contributed by atoms with van der Waals surface area (Å²) in [7, 11) is 1.52. The van der Waals surface area contributed by atoms with Gasteiger partial charge in [0.25, 0.3) is 5.91 Å². The minimum atomic E-state index is -0.606. The maximum atomic E-state index is 13.4. The molecule has 0 spiro atoms. The van der Waals surface area contributed by atoms with Crippen LogP contribution in [0.2, 0.25) is 5.02 Å². The number of rotatable bonds is 3. The number of nitrogens with one attached hydrogen (secondary N) is 1. The Morgan fingerprint density at radius 3 is 2.82 bits per heavy atom. The van der Waals surface area contributed by atoms with Crippen LogP contribution in [0.25, 0.3) is 11.0 Å². The molecular formula is C16H11ClFNO3. The van der Waals surface area contributed by atoms with Crippen molar-refractivity contribution in [3.63, 3.8) is 0 Å². The zero-order chi connectivity index (χ0) is 15.7. The number of hydrogen-bond donors (Lipinski definition) is 1. The number of carbonyl (C=O) groups excluding carboxylic acids is 1. The molecule has 6 heteroatoms. The molecule has 0 saturated heterocycles. The molecule has 0 atom stereocenters. The summed E-state index contributed by atoms with van der Waals surface area (Å²) in [5.74, 6) is -0.449. The Hall–Kier alpha value is -2.53. The molecule has 22 heavy (non-hydrogen) atoms. The Balaban J connectivity index is 1.90. The lowest BCUT2D eigenvalue weighted by molar-refractivity contribution is 0.0998. The third-order valence-electron chi connectivity index (χ3n) is 3.13. The van der Waals surface area contributed by atoms with Crippen molar-refractivity contribution in [2.24, 2.45) is 0 Å². The predicted molar refractivity (Wildman–Crippen MR) is 82.1 cm³/mol. The molecule has 1 N–H and O–H groups in total. The zero-order valence-electron chi connectivity index (χ0n) is 11.5. The van der Waals surface area contributed by atoms with Gasteiger partial charge in [0.2, 0.25) is 0 Å². The van der Waals surface area contributed by atoms with Crippen LogP contribution in [0.5, 0.6) is 5.75 Å². The van der Waals surface area contributed by atoms with E-state index in [0.717, 1.165) is 11.5 Å². The first kappa shape index (κ1) is 14.4. The highest BCUT2D eigenvalue weighted by molar-refractivity contribution is 6.30. The van der Waals surface area contributed by atoms with Crippen LogP contribution in [0.1, 0.15) is 10.6 Å². The number of methoxy groups -OCH3 is 1. The zero-order valence-corrected chi connectivity index (χ0v) is 12.3. The van der Waals surface area contributed by atoms with Gasteiger partial charge in [-0.3, -0.25) is 4.79 Å². The number of carbonyl (C=O) groups is 1. The minimum Gasteiger partial charge on any atom is -0.493 e. The number of amides is 1. The van der Waals surface area contributed by atoms with Crippen molar-refractivity contribution < 1.29 is 18.3 Å². The van der Waals surface area contributed by atoms with Gasteiger partial charge in [-0.2, -0.15) is 0 Å². The van der Waals surface area contributed by atoms with E-state index in [2.05, 4.69) is 5.32 Å². The summed E-state index contributed by atoms with van der Waals surface area (Å²) in [5, 5.41) is 3.29. The molecule has 0 bridgehead atoms. The number of para-hydroxylation sites is 1. The fraction of sp³-hybridized carbons (Fsp3) is 0.0625. The van der Waals surface area contributed by atoms with Gasteiger partial charge in [0.05, 0.1) is 12.1 Å². The predicted octanol–water partition coefficient (Wildman–Crippen LogP) is 4.49. The van der Waals surface area contributed by atoms with Crippen molar-refractivity contribution in [1.82, 2.24) is 0 Å². The Kier molecular flexibility index (Phi) is 3.73. The third-order valence-corrected chi connectivity index (χ3v) is 3.44. The average Bonchev–Trinajstić information content (AvgIpc) is 2.95. The van der Waals surface area contributed by atoms with E-state index in [1.165, 1.54) is 19.2 Å². The summed E-state index contributed by atoms with van der Waals surface area (Å²) in [4.78, 5) is 12.2. The van der Waals surface area contributed by atoms with E-state index in [9.17, 15) is 9.18 Å². The average molecular weight is 320 g/mol. The van der Waals surface area contributed by atoms with Crippen LogP contribution in [0.4, 0.5) is 10.1 Å². The number of fused-ring (bicyclic) bond motifs is 1. The van der Waals surface area contributed by atoms with E-state index < -0.39 is 11.7 Å². The van der Waals surface area contributed by atoms with E-state index in [-0.39, 0.29) is 10.8 Å². The van der Waals surface area contributed by atoms with Crippen LogP contribution in [-0.4, -0.2) is 13.0 Å². The standard InChI is InChI=1S/C16H11ClFNO3/c1-21-13-4-2-3-9-7-14(22-15(9)13)16(20)19-10-5-6-11(17)12(18)8-10/h2-8H,1H3,(H,19,20). The second-order valence-corrected chi connectivity index (χ2v) is 4.98. The van der Waals surface area contributed by atoms with Crippen LogP contribution in [0.3, 0.4) is 0 Å². The van der Waals surface area contributed by atoms with E-state index in [1.807, 2.05) is 0 Å². The van der Waals surface area contributed by atoms with Gasteiger partial charge in [-0.15, -0.1) is 0 Å².